The first-order valence-electron chi connectivity index (χ1n) is 7.08. The van der Waals surface area contributed by atoms with Crippen molar-refractivity contribution in [2.75, 3.05) is 23.5 Å². The molecule has 0 saturated heterocycles. The minimum atomic E-state index is -0.803. The van der Waals surface area contributed by atoms with Gasteiger partial charge in [-0.2, -0.15) is 0 Å². The number of anilines is 2. The van der Waals surface area contributed by atoms with Crippen LogP contribution < -0.4 is 16.6 Å². The summed E-state index contributed by atoms with van der Waals surface area (Å²) in [5.41, 5.74) is 3.35. The number of aromatic nitrogens is 2. The van der Waals surface area contributed by atoms with Gasteiger partial charge in [0.2, 0.25) is 0 Å². The molecule has 0 aliphatic carbocycles. The largest absolute Gasteiger partial charge is 0.370 e. The number of rotatable bonds is 6. The van der Waals surface area contributed by atoms with Gasteiger partial charge in [-0.15, -0.1) is 0 Å². The molecule has 1 aromatic rings. The highest BCUT2D eigenvalue weighted by Crippen LogP contribution is 2.25. The predicted molar refractivity (Wildman–Crippen MR) is 89.9 cm³/mol. The molecule has 2 atom stereocenters. The Morgan fingerprint density at radius 3 is 2.33 bits per heavy atom. The zero-order valence-electron chi connectivity index (χ0n) is 13.8. The van der Waals surface area contributed by atoms with Crippen molar-refractivity contribution in [1.82, 2.24) is 9.97 Å². The van der Waals surface area contributed by atoms with Crippen LogP contribution in [0.1, 0.15) is 45.5 Å². The van der Waals surface area contributed by atoms with Gasteiger partial charge in [0.25, 0.3) is 0 Å². The minimum absolute atomic E-state index is 0.159. The Kier molecular flexibility index (Phi) is 6.10. The second kappa shape index (κ2) is 7.17. The number of nitrogens with two attached hydrogens (primary N) is 1. The van der Waals surface area contributed by atoms with Crippen molar-refractivity contribution in [2.45, 2.75) is 51.7 Å². The van der Waals surface area contributed by atoms with Gasteiger partial charge in [0.15, 0.2) is 0 Å². The van der Waals surface area contributed by atoms with E-state index in [0.29, 0.717) is 12.4 Å². The van der Waals surface area contributed by atoms with E-state index < -0.39 is 10.8 Å². The van der Waals surface area contributed by atoms with Crippen molar-refractivity contribution < 1.29 is 4.21 Å². The summed E-state index contributed by atoms with van der Waals surface area (Å²) in [6.07, 6.45) is 2.55. The van der Waals surface area contributed by atoms with Gasteiger partial charge in [-0.25, -0.2) is 15.8 Å². The Bertz CT molecular complexity index is 513. The van der Waals surface area contributed by atoms with E-state index in [1.165, 1.54) is 0 Å². The van der Waals surface area contributed by atoms with E-state index in [0.717, 1.165) is 23.6 Å². The molecule has 2 unspecified atom stereocenters. The molecular weight excluding hydrogens is 286 g/mol. The molecule has 0 spiro atoms. The lowest BCUT2D eigenvalue weighted by atomic mass is 9.95. The van der Waals surface area contributed by atoms with Crippen LogP contribution in [0.15, 0.2) is 0 Å². The summed E-state index contributed by atoms with van der Waals surface area (Å²) in [5, 5.41) is 3.47. The fourth-order valence-corrected chi connectivity index (χ4v) is 2.17. The predicted octanol–water partition coefficient (Wildman–Crippen LogP) is 1.94. The summed E-state index contributed by atoms with van der Waals surface area (Å²) in [6, 6.07) is 0. The molecule has 4 N–H and O–H groups in total. The van der Waals surface area contributed by atoms with Gasteiger partial charge in [0, 0.05) is 39.8 Å². The lowest BCUT2D eigenvalue weighted by molar-refractivity contribution is 0.546. The molecule has 7 heteroatoms. The highest BCUT2D eigenvalue weighted by Gasteiger charge is 2.21. The third kappa shape index (κ3) is 4.93. The monoisotopic (exact) mass is 313 g/mol. The van der Waals surface area contributed by atoms with E-state index in [4.69, 9.17) is 5.84 Å². The summed E-state index contributed by atoms with van der Waals surface area (Å²) in [7, 11) is -0.803. The van der Waals surface area contributed by atoms with Crippen LogP contribution in [0.4, 0.5) is 11.6 Å². The Morgan fingerprint density at radius 1 is 1.29 bits per heavy atom. The molecule has 1 aromatic heterocycles. The quantitative estimate of drug-likeness (QED) is 0.549. The zero-order valence-corrected chi connectivity index (χ0v) is 14.6. The lowest BCUT2D eigenvalue weighted by Gasteiger charge is -2.21. The minimum Gasteiger partial charge on any atom is -0.370 e. The van der Waals surface area contributed by atoms with E-state index in [1.807, 2.05) is 13.8 Å². The Balaban J connectivity index is 2.93. The average molecular weight is 313 g/mol. The first kappa shape index (κ1) is 17.8. The van der Waals surface area contributed by atoms with Gasteiger partial charge in [0.1, 0.15) is 17.5 Å². The van der Waals surface area contributed by atoms with Crippen LogP contribution in [0.25, 0.3) is 0 Å². The molecule has 120 valence electrons. The smallest absolute Gasteiger partial charge is 0.148 e. The van der Waals surface area contributed by atoms with Crippen LogP contribution in [0.3, 0.4) is 0 Å². The van der Waals surface area contributed by atoms with Crippen LogP contribution in [0.5, 0.6) is 0 Å². The number of nitrogens with one attached hydrogen (secondary N) is 2. The number of nitrogens with zero attached hydrogens (tertiary/aromatic N) is 2. The number of nitrogen functional groups attached to an aromatic ring is 1. The van der Waals surface area contributed by atoms with Gasteiger partial charge >= 0.3 is 0 Å². The Morgan fingerprint density at radius 2 is 1.86 bits per heavy atom. The number of hydrogen-bond acceptors (Lipinski definition) is 6. The van der Waals surface area contributed by atoms with Crippen LogP contribution >= 0.6 is 0 Å². The molecule has 6 nitrogen and oxygen atoms in total. The molecule has 0 saturated carbocycles. The van der Waals surface area contributed by atoms with Crippen LogP contribution in [0, 0.1) is 6.92 Å². The second-order valence-electron chi connectivity index (χ2n) is 6.29. The van der Waals surface area contributed by atoms with Crippen LogP contribution in [-0.2, 0) is 16.2 Å². The summed E-state index contributed by atoms with van der Waals surface area (Å²) >= 11 is 0. The SMILES string of the molecule is Cc1c(NN)nc(C(C)(C)C)nc1NCCC(C)S(C)=O. The highest BCUT2D eigenvalue weighted by molar-refractivity contribution is 7.84. The standard InChI is InChI=1S/C14H27N5OS/c1-9(21(6)20)7-8-16-11-10(2)12(19-15)18-13(17-11)14(3,4)5/h9H,7-8,15H2,1-6H3,(H2,16,17,18,19). The van der Waals surface area contributed by atoms with E-state index in [2.05, 4.69) is 41.5 Å². The van der Waals surface area contributed by atoms with E-state index in [-0.39, 0.29) is 10.7 Å². The topological polar surface area (TPSA) is 92.9 Å². The summed E-state index contributed by atoms with van der Waals surface area (Å²) < 4.78 is 11.4. The fraction of sp³-hybridized carbons (Fsp3) is 0.714. The third-order valence-corrected chi connectivity index (χ3v) is 4.73. The molecule has 0 amide bonds. The van der Waals surface area contributed by atoms with Crippen molar-refractivity contribution in [3.05, 3.63) is 11.4 Å². The van der Waals surface area contributed by atoms with Crippen molar-refractivity contribution in [1.29, 1.82) is 0 Å². The molecule has 0 aliphatic rings. The summed E-state index contributed by atoms with van der Waals surface area (Å²) in [5.74, 6) is 7.68. The molecular formula is C14H27N5OS. The van der Waals surface area contributed by atoms with E-state index >= 15 is 0 Å². The Labute approximate surface area is 129 Å². The van der Waals surface area contributed by atoms with Crippen molar-refractivity contribution in [3.63, 3.8) is 0 Å². The summed E-state index contributed by atoms with van der Waals surface area (Å²) in [6.45, 7) is 10.8. The highest BCUT2D eigenvalue weighted by atomic mass is 32.2. The molecule has 1 heterocycles. The molecule has 21 heavy (non-hydrogen) atoms. The average Bonchev–Trinajstić information content (AvgIpc) is 2.38. The molecule has 0 aromatic carbocycles. The second-order valence-corrected chi connectivity index (χ2v) is 8.09. The van der Waals surface area contributed by atoms with Gasteiger partial charge in [-0.1, -0.05) is 27.7 Å². The maximum Gasteiger partial charge on any atom is 0.148 e. The van der Waals surface area contributed by atoms with Crippen LogP contribution in [-0.4, -0.2) is 32.2 Å². The van der Waals surface area contributed by atoms with Crippen molar-refractivity contribution >= 4 is 22.4 Å². The Hall–Kier alpha value is -1.21. The van der Waals surface area contributed by atoms with Crippen molar-refractivity contribution in [2.24, 2.45) is 5.84 Å². The molecule has 0 fully saturated rings. The lowest BCUT2D eigenvalue weighted by Crippen LogP contribution is -2.22. The van der Waals surface area contributed by atoms with E-state index in [9.17, 15) is 4.21 Å². The third-order valence-electron chi connectivity index (χ3n) is 3.36. The molecule has 0 bridgehead atoms. The molecule has 1 rings (SSSR count). The normalized spacial score (nSPS) is 14.6. The molecule has 0 aliphatic heterocycles. The number of hydrazine groups is 1. The van der Waals surface area contributed by atoms with Gasteiger partial charge in [0.05, 0.1) is 0 Å². The first-order valence-corrected chi connectivity index (χ1v) is 8.70. The van der Waals surface area contributed by atoms with Gasteiger partial charge in [-0.05, 0) is 13.3 Å². The zero-order chi connectivity index (χ0) is 16.2. The first-order chi connectivity index (χ1) is 9.66. The van der Waals surface area contributed by atoms with Gasteiger partial charge in [-0.3, -0.25) is 4.21 Å². The maximum atomic E-state index is 11.4. The maximum absolute atomic E-state index is 11.4. The fourth-order valence-electron chi connectivity index (χ4n) is 1.72. The van der Waals surface area contributed by atoms with Crippen LogP contribution in [0.2, 0.25) is 0 Å². The summed E-state index contributed by atoms with van der Waals surface area (Å²) in [4.78, 5) is 9.06. The van der Waals surface area contributed by atoms with Crippen molar-refractivity contribution in [3.8, 4) is 0 Å². The van der Waals surface area contributed by atoms with Gasteiger partial charge < -0.3 is 10.7 Å². The number of hydrogen-bond donors (Lipinski definition) is 3. The van der Waals surface area contributed by atoms with E-state index in [1.54, 1.807) is 6.26 Å². The molecule has 0 radical (unpaired) electrons.